The zero-order valence-electron chi connectivity index (χ0n) is 14.2. The number of hydrogen-bond acceptors (Lipinski definition) is 1. The number of anilines is 1. The van der Waals surface area contributed by atoms with E-state index in [1.54, 1.807) is 0 Å². The maximum Gasteiger partial charge on any atom is 0.0342 e. The lowest BCUT2D eigenvalue weighted by molar-refractivity contribution is 0.214. The lowest BCUT2D eigenvalue weighted by atomic mass is 9.75. The second-order valence-corrected chi connectivity index (χ2v) is 6.96. The minimum absolute atomic E-state index is 0.688. The van der Waals surface area contributed by atoms with Crippen LogP contribution in [0.1, 0.15) is 70.8 Å². The predicted octanol–water partition coefficient (Wildman–Crippen LogP) is 6.18. The minimum atomic E-state index is 0.688. The third-order valence-corrected chi connectivity index (χ3v) is 5.18. The summed E-state index contributed by atoms with van der Waals surface area (Å²) < 4.78 is 0. The molecule has 1 fully saturated rings. The van der Waals surface area contributed by atoms with Gasteiger partial charge in [0.25, 0.3) is 0 Å². The Morgan fingerprint density at radius 2 is 1.52 bits per heavy atom. The van der Waals surface area contributed by atoms with Crippen LogP contribution in [-0.4, -0.2) is 6.04 Å². The average Bonchev–Trinajstić information content (AvgIpc) is 2.50. The molecule has 21 heavy (non-hydrogen) atoms. The van der Waals surface area contributed by atoms with E-state index in [9.17, 15) is 0 Å². The van der Waals surface area contributed by atoms with Crippen LogP contribution in [0.3, 0.4) is 0 Å². The molecule has 118 valence electrons. The third-order valence-electron chi connectivity index (χ3n) is 5.18. The van der Waals surface area contributed by atoms with Gasteiger partial charge in [0.05, 0.1) is 0 Å². The fourth-order valence-electron chi connectivity index (χ4n) is 3.98. The van der Waals surface area contributed by atoms with Gasteiger partial charge in [0, 0.05) is 11.7 Å². The molecular weight excluding hydrogens is 254 g/mol. The third kappa shape index (κ3) is 5.05. The highest BCUT2D eigenvalue weighted by Gasteiger charge is 2.26. The molecule has 0 atom stereocenters. The molecular formula is C20H33N. The Morgan fingerprint density at radius 1 is 0.952 bits per heavy atom. The van der Waals surface area contributed by atoms with Gasteiger partial charge in [-0.2, -0.15) is 0 Å². The normalized spacial score (nSPS) is 22.5. The molecule has 0 radical (unpaired) electrons. The molecule has 0 spiro atoms. The maximum absolute atomic E-state index is 3.73. The Labute approximate surface area is 131 Å². The van der Waals surface area contributed by atoms with Crippen molar-refractivity contribution in [3.63, 3.8) is 0 Å². The minimum Gasteiger partial charge on any atom is -0.382 e. The maximum atomic E-state index is 3.73. The fraction of sp³-hybridized carbons (Fsp3) is 0.700. The van der Waals surface area contributed by atoms with E-state index in [0.29, 0.717) is 6.04 Å². The predicted molar refractivity (Wildman–Crippen MR) is 93.9 cm³/mol. The summed E-state index contributed by atoms with van der Waals surface area (Å²) in [5, 5.41) is 3.73. The van der Waals surface area contributed by atoms with Crippen molar-refractivity contribution in [1.82, 2.24) is 0 Å². The van der Waals surface area contributed by atoms with E-state index in [2.05, 4.69) is 50.4 Å². The highest BCUT2D eigenvalue weighted by molar-refractivity contribution is 5.45. The molecule has 1 saturated carbocycles. The van der Waals surface area contributed by atoms with Crippen LogP contribution in [0.2, 0.25) is 0 Å². The van der Waals surface area contributed by atoms with Crippen LogP contribution >= 0.6 is 0 Å². The van der Waals surface area contributed by atoms with Gasteiger partial charge >= 0.3 is 0 Å². The van der Waals surface area contributed by atoms with Crippen LogP contribution in [0.25, 0.3) is 0 Å². The standard InChI is InChI=1S/C20H33N/c1-4-6-17(7-5-2)18-10-14-20(15-11-18)21-19-12-8-16(3)9-13-19/h8-9,12-13,17-18,20-21H,4-7,10-11,14-15H2,1-3H3. The van der Waals surface area contributed by atoms with Gasteiger partial charge in [-0.1, -0.05) is 57.2 Å². The zero-order chi connectivity index (χ0) is 15.1. The van der Waals surface area contributed by atoms with Crippen LogP contribution in [0, 0.1) is 18.8 Å². The Balaban J connectivity index is 1.80. The summed E-state index contributed by atoms with van der Waals surface area (Å²) in [5.74, 6) is 1.97. The van der Waals surface area contributed by atoms with Gasteiger partial charge in [-0.3, -0.25) is 0 Å². The van der Waals surface area contributed by atoms with E-state index < -0.39 is 0 Å². The SMILES string of the molecule is CCCC(CCC)C1CCC(Nc2ccc(C)cc2)CC1. The van der Waals surface area contributed by atoms with Crippen LogP contribution in [-0.2, 0) is 0 Å². The number of nitrogens with one attached hydrogen (secondary N) is 1. The zero-order valence-corrected chi connectivity index (χ0v) is 14.2. The molecule has 1 aromatic rings. The first-order valence-electron chi connectivity index (χ1n) is 9.06. The molecule has 1 heteroatoms. The summed E-state index contributed by atoms with van der Waals surface area (Å²) >= 11 is 0. The van der Waals surface area contributed by atoms with Crippen LogP contribution in [0.5, 0.6) is 0 Å². The highest BCUT2D eigenvalue weighted by atomic mass is 14.9. The van der Waals surface area contributed by atoms with Gasteiger partial charge in [0.2, 0.25) is 0 Å². The Bertz CT molecular complexity index is 381. The molecule has 0 amide bonds. The summed E-state index contributed by atoms with van der Waals surface area (Å²) in [6.45, 7) is 6.83. The molecule has 0 unspecified atom stereocenters. The molecule has 0 aromatic heterocycles. The van der Waals surface area contributed by atoms with Crippen molar-refractivity contribution < 1.29 is 0 Å². The molecule has 2 rings (SSSR count). The quantitative estimate of drug-likeness (QED) is 0.631. The Morgan fingerprint density at radius 3 is 2.05 bits per heavy atom. The second kappa shape index (κ2) is 8.46. The number of rotatable bonds is 7. The van der Waals surface area contributed by atoms with Gasteiger partial charge in [0.1, 0.15) is 0 Å². The molecule has 0 bridgehead atoms. The number of aryl methyl sites for hydroxylation is 1. The van der Waals surface area contributed by atoms with E-state index in [1.165, 1.54) is 62.6 Å². The second-order valence-electron chi connectivity index (χ2n) is 6.96. The van der Waals surface area contributed by atoms with Crippen molar-refractivity contribution in [2.75, 3.05) is 5.32 Å². The molecule has 1 aliphatic carbocycles. The van der Waals surface area contributed by atoms with E-state index in [0.717, 1.165) is 11.8 Å². The van der Waals surface area contributed by atoms with Crippen molar-refractivity contribution in [3.8, 4) is 0 Å². The van der Waals surface area contributed by atoms with E-state index in [-0.39, 0.29) is 0 Å². The first-order valence-corrected chi connectivity index (χ1v) is 9.06. The Kier molecular flexibility index (Phi) is 6.60. The Hall–Kier alpha value is -0.980. The van der Waals surface area contributed by atoms with Crippen molar-refractivity contribution in [2.24, 2.45) is 11.8 Å². The van der Waals surface area contributed by atoms with Crippen molar-refractivity contribution >= 4 is 5.69 Å². The molecule has 1 aromatic carbocycles. The van der Waals surface area contributed by atoms with E-state index in [1.807, 2.05) is 0 Å². The molecule has 0 saturated heterocycles. The summed E-state index contributed by atoms with van der Waals surface area (Å²) in [6.07, 6.45) is 11.1. The molecule has 1 N–H and O–H groups in total. The van der Waals surface area contributed by atoms with Gasteiger partial charge in [-0.25, -0.2) is 0 Å². The van der Waals surface area contributed by atoms with Gasteiger partial charge < -0.3 is 5.32 Å². The van der Waals surface area contributed by atoms with Gasteiger partial charge in [0.15, 0.2) is 0 Å². The first-order chi connectivity index (χ1) is 10.2. The summed E-state index contributed by atoms with van der Waals surface area (Å²) in [4.78, 5) is 0. The average molecular weight is 287 g/mol. The van der Waals surface area contributed by atoms with E-state index >= 15 is 0 Å². The molecule has 0 heterocycles. The monoisotopic (exact) mass is 287 g/mol. The van der Waals surface area contributed by atoms with Crippen LogP contribution < -0.4 is 5.32 Å². The molecule has 1 nitrogen and oxygen atoms in total. The van der Waals surface area contributed by atoms with Crippen LogP contribution in [0.4, 0.5) is 5.69 Å². The van der Waals surface area contributed by atoms with E-state index in [4.69, 9.17) is 0 Å². The highest BCUT2D eigenvalue weighted by Crippen LogP contribution is 2.36. The lowest BCUT2D eigenvalue weighted by Crippen LogP contribution is -2.29. The fourth-order valence-corrected chi connectivity index (χ4v) is 3.98. The topological polar surface area (TPSA) is 12.0 Å². The first kappa shape index (κ1) is 16.4. The lowest BCUT2D eigenvalue weighted by Gasteiger charge is -2.34. The van der Waals surface area contributed by atoms with Gasteiger partial charge in [-0.15, -0.1) is 0 Å². The largest absolute Gasteiger partial charge is 0.382 e. The van der Waals surface area contributed by atoms with Crippen molar-refractivity contribution in [2.45, 2.75) is 78.2 Å². The molecule has 0 aliphatic heterocycles. The smallest absolute Gasteiger partial charge is 0.0342 e. The number of hydrogen-bond donors (Lipinski definition) is 1. The van der Waals surface area contributed by atoms with Crippen molar-refractivity contribution in [1.29, 1.82) is 0 Å². The summed E-state index contributed by atoms with van der Waals surface area (Å²) in [5.41, 5.74) is 2.63. The van der Waals surface area contributed by atoms with Crippen LogP contribution in [0.15, 0.2) is 24.3 Å². The van der Waals surface area contributed by atoms with Gasteiger partial charge in [-0.05, 0) is 56.6 Å². The van der Waals surface area contributed by atoms with Crippen molar-refractivity contribution in [3.05, 3.63) is 29.8 Å². The summed E-state index contributed by atoms with van der Waals surface area (Å²) in [6, 6.07) is 9.53. The number of benzene rings is 1. The summed E-state index contributed by atoms with van der Waals surface area (Å²) in [7, 11) is 0. The molecule has 1 aliphatic rings.